The van der Waals surface area contributed by atoms with Crippen LogP contribution in [0.25, 0.3) is 0 Å². The third kappa shape index (κ3) is 3.52. The number of Topliss-reactive ketones (excluding diaryl/α,β-unsaturated/α-hetero) is 1. The summed E-state index contributed by atoms with van der Waals surface area (Å²) in [4.78, 5) is 36.7. The van der Waals surface area contributed by atoms with Gasteiger partial charge in [-0.05, 0) is 75.1 Å². The molecule has 0 atom stereocenters. The maximum absolute atomic E-state index is 12.7. The fraction of sp³-hybridized carbons (Fsp3) is 0.286. The molecule has 0 aromatic heterocycles. The summed E-state index contributed by atoms with van der Waals surface area (Å²) in [6, 6.07) is 12.5. The van der Waals surface area contributed by atoms with Crippen LogP contribution < -0.4 is 10.6 Å². The summed E-state index contributed by atoms with van der Waals surface area (Å²) in [5.41, 5.74) is 2.88. The van der Waals surface area contributed by atoms with Crippen molar-refractivity contribution in [2.24, 2.45) is 5.41 Å². The zero-order chi connectivity index (χ0) is 18.9. The molecule has 2 aromatic rings. The minimum atomic E-state index is -1.02. The van der Waals surface area contributed by atoms with E-state index < -0.39 is 5.41 Å². The predicted molar refractivity (Wildman–Crippen MR) is 101 cm³/mol. The molecule has 1 saturated carbocycles. The number of nitrogens with one attached hydrogen (secondary N) is 2. The van der Waals surface area contributed by atoms with Gasteiger partial charge in [0, 0.05) is 16.9 Å². The fourth-order valence-corrected chi connectivity index (χ4v) is 2.83. The zero-order valence-corrected chi connectivity index (χ0v) is 15.2. The molecular weight excluding hydrogens is 328 g/mol. The topological polar surface area (TPSA) is 75.3 Å². The third-order valence-electron chi connectivity index (χ3n) is 4.81. The summed E-state index contributed by atoms with van der Waals surface area (Å²) in [5, 5.41) is 5.69. The van der Waals surface area contributed by atoms with Gasteiger partial charge >= 0.3 is 0 Å². The maximum atomic E-state index is 12.7. The molecule has 0 heterocycles. The minimum absolute atomic E-state index is 0.0329. The number of ketones is 1. The molecule has 0 spiro atoms. The van der Waals surface area contributed by atoms with E-state index in [9.17, 15) is 14.4 Å². The molecule has 5 heteroatoms. The Balaban J connectivity index is 1.71. The van der Waals surface area contributed by atoms with E-state index in [0.717, 1.165) is 16.8 Å². The maximum Gasteiger partial charge on any atom is 0.240 e. The number of anilines is 2. The smallest absolute Gasteiger partial charge is 0.240 e. The molecule has 134 valence electrons. The summed E-state index contributed by atoms with van der Waals surface area (Å²) in [5.74, 6) is -0.616. The van der Waals surface area contributed by atoms with E-state index >= 15 is 0 Å². The Morgan fingerprint density at radius 2 is 1.50 bits per heavy atom. The SMILES string of the molecule is CC(=O)c1ccc(NC(=O)C2(C(=O)Nc3cc(C)ccc3C)CC2)cc1. The van der Waals surface area contributed by atoms with Crippen molar-refractivity contribution in [2.45, 2.75) is 33.6 Å². The van der Waals surface area contributed by atoms with Gasteiger partial charge in [-0.3, -0.25) is 14.4 Å². The van der Waals surface area contributed by atoms with Crippen molar-refractivity contribution < 1.29 is 14.4 Å². The number of hydrogen-bond donors (Lipinski definition) is 2. The van der Waals surface area contributed by atoms with Gasteiger partial charge in [-0.25, -0.2) is 0 Å². The van der Waals surface area contributed by atoms with Crippen molar-refractivity contribution in [1.29, 1.82) is 0 Å². The molecule has 1 aliphatic rings. The quantitative estimate of drug-likeness (QED) is 0.635. The van der Waals surface area contributed by atoms with Gasteiger partial charge in [-0.15, -0.1) is 0 Å². The van der Waals surface area contributed by atoms with Crippen LogP contribution in [0.3, 0.4) is 0 Å². The van der Waals surface area contributed by atoms with Gasteiger partial charge in [0.25, 0.3) is 0 Å². The predicted octanol–water partition coefficient (Wildman–Crippen LogP) is 3.86. The number of carbonyl (C=O) groups is 3. The lowest BCUT2D eigenvalue weighted by atomic mass is 10.0. The van der Waals surface area contributed by atoms with Gasteiger partial charge in [0.15, 0.2) is 5.78 Å². The van der Waals surface area contributed by atoms with Crippen LogP contribution >= 0.6 is 0 Å². The van der Waals surface area contributed by atoms with E-state index in [1.165, 1.54) is 6.92 Å². The lowest BCUT2D eigenvalue weighted by Crippen LogP contribution is -2.35. The van der Waals surface area contributed by atoms with Gasteiger partial charge in [0.2, 0.25) is 11.8 Å². The monoisotopic (exact) mass is 350 g/mol. The van der Waals surface area contributed by atoms with Crippen LogP contribution in [0.15, 0.2) is 42.5 Å². The second kappa shape index (κ2) is 6.75. The summed E-state index contributed by atoms with van der Waals surface area (Å²) < 4.78 is 0. The van der Waals surface area contributed by atoms with Crippen molar-refractivity contribution in [2.75, 3.05) is 10.6 Å². The molecule has 2 N–H and O–H groups in total. The van der Waals surface area contributed by atoms with Crippen LogP contribution in [-0.2, 0) is 9.59 Å². The Morgan fingerprint density at radius 3 is 2.08 bits per heavy atom. The van der Waals surface area contributed by atoms with E-state index in [2.05, 4.69) is 10.6 Å². The van der Waals surface area contributed by atoms with Crippen molar-refractivity contribution in [3.8, 4) is 0 Å². The molecular formula is C21H22N2O3. The highest BCUT2D eigenvalue weighted by atomic mass is 16.2. The Hall–Kier alpha value is -2.95. The Bertz CT molecular complexity index is 881. The van der Waals surface area contributed by atoms with Gasteiger partial charge in [0.05, 0.1) is 0 Å². The molecule has 1 aliphatic carbocycles. The van der Waals surface area contributed by atoms with Crippen molar-refractivity contribution >= 4 is 29.0 Å². The molecule has 0 unspecified atom stereocenters. The summed E-state index contributed by atoms with van der Waals surface area (Å²) in [6.45, 7) is 5.37. The lowest BCUT2D eigenvalue weighted by molar-refractivity contribution is -0.131. The summed E-state index contributed by atoms with van der Waals surface area (Å²) >= 11 is 0. The number of hydrogen-bond acceptors (Lipinski definition) is 3. The Labute approximate surface area is 152 Å². The highest BCUT2D eigenvalue weighted by molar-refractivity contribution is 6.17. The van der Waals surface area contributed by atoms with Gasteiger partial charge in [-0.2, -0.15) is 0 Å². The van der Waals surface area contributed by atoms with E-state index in [1.807, 2.05) is 32.0 Å². The van der Waals surface area contributed by atoms with Crippen LogP contribution in [0.2, 0.25) is 0 Å². The van der Waals surface area contributed by atoms with Crippen molar-refractivity contribution in [3.63, 3.8) is 0 Å². The Kier molecular flexibility index (Phi) is 4.64. The van der Waals surface area contributed by atoms with Crippen molar-refractivity contribution in [3.05, 3.63) is 59.2 Å². The molecule has 3 rings (SSSR count). The average Bonchev–Trinajstić information content (AvgIpc) is 3.40. The van der Waals surface area contributed by atoms with Crippen LogP contribution in [0, 0.1) is 19.3 Å². The normalized spacial score (nSPS) is 14.4. The first-order valence-electron chi connectivity index (χ1n) is 8.63. The van der Waals surface area contributed by atoms with E-state index in [4.69, 9.17) is 0 Å². The van der Waals surface area contributed by atoms with E-state index in [-0.39, 0.29) is 17.6 Å². The number of amides is 2. The van der Waals surface area contributed by atoms with Crippen LogP contribution in [-0.4, -0.2) is 17.6 Å². The first-order valence-corrected chi connectivity index (χ1v) is 8.63. The number of rotatable bonds is 5. The van der Waals surface area contributed by atoms with E-state index in [1.54, 1.807) is 24.3 Å². The fourth-order valence-electron chi connectivity index (χ4n) is 2.83. The van der Waals surface area contributed by atoms with Crippen molar-refractivity contribution in [1.82, 2.24) is 0 Å². The highest BCUT2D eigenvalue weighted by Crippen LogP contribution is 2.47. The van der Waals surface area contributed by atoms with Crippen LogP contribution in [0.5, 0.6) is 0 Å². The molecule has 2 aromatic carbocycles. The number of carbonyl (C=O) groups excluding carboxylic acids is 3. The van der Waals surface area contributed by atoms with Crippen LogP contribution in [0.1, 0.15) is 41.3 Å². The molecule has 5 nitrogen and oxygen atoms in total. The number of aryl methyl sites for hydroxylation is 2. The Morgan fingerprint density at radius 1 is 0.885 bits per heavy atom. The minimum Gasteiger partial charge on any atom is -0.325 e. The van der Waals surface area contributed by atoms with Crippen LogP contribution in [0.4, 0.5) is 11.4 Å². The second-order valence-electron chi connectivity index (χ2n) is 6.94. The van der Waals surface area contributed by atoms with Gasteiger partial charge < -0.3 is 10.6 Å². The highest BCUT2D eigenvalue weighted by Gasteiger charge is 2.56. The second-order valence-corrected chi connectivity index (χ2v) is 6.94. The molecule has 1 fully saturated rings. The van der Waals surface area contributed by atoms with Gasteiger partial charge in [0.1, 0.15) is 5.41 Å². The number of benzene rings is 2. The third-order valence-corrected chi connectivity index (χ3v) is 4.81. The molecule has 0 aliphatic heterocycles. The largest absolute Gasteiger partial charge is 0.325 e. The first-order chi connectivity index (χ1) is 12.3. The molecule has 0 radical (unpaired) electrons. The van der Waals surface area contributed by atoms with Gasteiger partial charge in [-0.1, -0.05) is 12.1 Å². The molecule has 2 amide bonds. The zero-order valence-electron chi connectivity index (χ0n) is 15.2. The first kappa shape index (κ1) is 17.9. The average molecular weight is 350 g/mol. The summed E-state index contributed by atoms with van der Waals surface area (Å²) in [7, 11) is 0. The van der Waals surface area contributed by atoms with E-state index in [0.29, 0.717) is 24.1 Å². The molecule has 0 saturated heterocycles. The molecule has 26 heavy (non-hydrogen) atoms. The molecule has 0 bridgehead atoms. The standard InChI is InChI=1S/C21H22N2O3/c1-13-4-5-14(2)18(12-13)23-20(26)21(10-11-21)19(25)22-17-8-6-16(7-9-17)15(3)24/h4-9,12H,10-11H2,1-3H3,(H,22,25)(H,23,26). The summed E-state index contributed by atoms with van der Waals surface area (Å²) in [6.07, 6.45) is 1.06. The lowest BCUT2D eigenvalue weighted by Gasteiger charge is -2.17.